The van der Waals surface area contributed by atoms with Gasteiger partial charge >= 0.3 is 0 Å². The zero-order valence-electron chi connectivity index (χ0n) is 7.13. The first-order valence-electron chi connectivity index (χ1n) is 4.12. The van der Waals surface area contributed by atoms with Gasteiger partial charge in [0.15, 0.2) is 0 Å². The Bertz CT molecular complexity index is 452. The van der Waals surface area contributed by atoms with E-state index in [1.54, 1.807) is 12.1 Å². The minimum absolute atomic E-state index is 0.187. The van der Waals surface area contributed by atoms with E-state index < -0.39 is 0 Å². The quantitative estimate of drug-likeness (QED) is 0.616. The van der Waals surface area contributed by atoms with Gasteiger partial charge in [-0.05, 0) is 17.0 Å². The third-order valence-electron chi connectivity index (χ3n) is 2.11. The Kier molecular flexibility index (Phi) is 1.85. The fourth-order valence-corrected chi connectivity index (χ4v) is 1.49. The molecule has 0 atom stereocenters. The monoisotopic (exact) mass is 172 g/mol. The second kappa shape index (κ2) is 3.02. The zero-order valence-corrected chi connectivity index (χ0v) is 7.13. The van der Waals surface area contributed by atoms with Crippen LogP contribution in [0.1, 0.15) is 5.56 Å². The van der Waals surface area contributed by atoms with E-state index in [9.17, 15) is 4.39 Å². The maximum Gasteiger partial charge on any atom is 0.131 e. The highest BCUT2D eigenvalue weighted by molar-refractivity contribution is 5.90. The maximum absolute atomic E-state index is 13.4. The molecule has 0 fully saturated rings. The second-order valence-corrected chi connectivity index (χ2v) is 2.89. The van der Waals surface area contributed by atoms with Gasteiger partial charge in [-0.3, -0.25) is 0 Å². The first-order chi connectivity index (χ1) is 6.33. The Balaban J connectivity index is 2.94. The molecule has 0 aromatic heterocycles. The molecule has 0 radical (unpaired) electrons. The molecule has 0 N–H and O–H groups in total. The van der Waals surface area contributed by atoms with Crippen LogP contribution in [0.3, 0.4) is 0 Å². The van der Waals surface area contributed by atoms with Crippen molar-refractivity contribution in [2.75, 3.05) is 0 Å². The summed E-state index contributed by atoms with van der Waals surface area (Å²) in [5, 5.41) is 1.57. The largest absolute Gasteiger partial charge is 0.206 e. The molecular formula is C12H9F. The molecule has 0 aliphatic rings. The predicted octanol–water partition coefficient (Wildman–Crippen LogP) is 3.62. The summed E-state index contributed by atoms with van der Waals surface area (Å²) < 4.78 is 13.4. The summed E-state index contributed by atoms with van der Waals surface area (Å²) in [6.45, 7) is 3.66. The van der Waals surface area contributed by atoms with Crippen molar-refractivity contribution in [2.24, 2.45) is 0 Å². The summed E-state index contributed by atoms with van der Waals surface area (Å²) in [4.78, 5) is 0. The van der Waals surface area contributed by atoms with Gasteiger partial charge in [0.1, 0.15) is 5.82 Å². The van der Waals surface area contributed by atoms with E-state index in [1.807, 2.05) is 24.3 Å². The zero-order chi connectivity index (χ0) is 9.26. The topological polar surface area (TPSA) is 0 Å². The van der Waals surface area contributed by atoms with Gasteiger partial charge in [-0.2, -0.15) is 0 Å². The lowest BCUT2D eigenvalue weighted by Gasteiger charge is -2.02. The molecule has 0 nitrogen and oxygen atoms in total. The third kappa shape index (κ3) is 1.22. The van der Waals surface area contributed by atoms with Gasteiger partial charge in [-0.15, -0.1) is 0 Å². The standard InChI is InChI=1S/C12H9F/c1-2-9-5-3-6-10-7-4-8-11(13)12(9)10/h2-8H,1H2. The maximum atomic E-state index is 13.4. The van der Waals surface area contributed by atoms with Crippen LogP contribution in [0.4, 0.5) is 4.39 Å². The molecule has 1 heteroatoms. The lowest BCUT2D eigenvalue weighted by atomic mass is 10.0. The van der Waals surface area contributed by atoms with Crippen LogP contribution < -0.4 is 0 Å². The van der Waals surface area contributed by atoms with Crippen molar-refractivity contribution in [1.29, 1.82) is 0 Å². The number of rotatable bonds is 1. The van der Waals surface area contributed by atoms with Gasteiger partial charge in [0, 0.05) is 5.39 Å². The normalized spacial score (nSPS) is 10.2. The Morgan fingerprint density at radius 2 is 1.77 bits per heavy atom. The van der Waals surface area contributed by atoms with Crippen LogP contribution in [-0.4, -0.2) is 0 Å². The van der Waals surface area contributed by atoms with E-state index in [0.29, 0.717) is 5.39 Å². The molecular weight excluding hydrogens is 163 g/mol. The van der Waals surface area contributed by atoms with Gasteiger partial charge in [0.2, 0.25) is 0 Å². The molecule has 0 aliphatic heterocycles. The first-order valence-corrected chi connectivity index (χ1v) is 4.12. The van der Waals surface area contributed by atoms with Crippen molar-refractivity contribution in [1.82, 2.24) is 0 Å². The summed E-state index contributed by atoms with van der Waals surface area (Å²) in [7, 11) is 0. The fourth-order valence-electron chi connectivity index (χ4n) is 1.49. The Labute approximate surface area is 76.3 Å². The average Bonchev–Trinajstić information content (AvgIpc) is 2.17. The molecule has 0 unspecified atom stereocenters. The lowest BCUT2D eigenvalue weighted by molar-refractivity contribution is 0.640. The van der Waals surface area contributed by atoms with Crippen molar-refractivity contribution < 1.29 is 4.39 Å². The van der Waals surface area contributed by atoms with Crippen LogP contribution in [0, 0.1) is 5.82 Å². The fraction of sp³-hybridized carbons (Fsp3) is 0. The second-order valence-electron chi connectivity index (χ2n) is 2.89. The van der Waals surface area contributed by atoms with E-state index in [0.717, 1.165) is 10.9 Å². The van der Waals surface area contributed by atoms with Crippen LogP contribution in [0.15, 0.2) is 43.0 Å². The Hall–Kier alpha value is -1.63. The molecule has 2 aromatic carbocycles. The van der Waals surface area contributed by atoms with Crippen LogP contribution in [0.5, 0.6) is 0 Å². The molecule has 13 heavy (non-hydrogen) atoms. The number of hydrogen-bond acceptors (Lipinski definition) is 0. The van der Waals surface area contributed by atoms with E-state index in [1.165, 1.54) is 6.07 Å². The smallest absolute Gasteiger partial charge is 0.131 e. The van der Waals surface area contributed by atoms with Gasteiger partial charge in [0.05, 0.1) is 0 Å². The van der Waals surface area contributed by atoms with Gasteiger partial charge in [-0.25, -0.2) is 4.39 Å². The third-order valence-corrected chi connectivity index (χ3v) is 2.11. The minimum Gasteiger partial charge on any atom is -0.206 e. The number of benzene rings is 2. The summed E-state index contributed by atoms with van der Waals surface area (Å²) in [5.74, 6) is -0.187. The summed E-state index contributed by atoms with van der Waals surface area (Å²) in [6.07, 6.45) is 1.67. The predicted molar refractivity (Wildman–Crippen MR) is 54.0 cm³/mol. The summed E-state index contributed by atoms with van der Waals surface area (Å²) in [5.41, 5.74) is 0.843. The molecule has 0 saturated carbocycles. The molecule has 0 spiro atoms. The van der Waals surface area contributed by atoms with Crippen LogP contribution >= 0.6 is 0 Å². The van der Waals surface area contributed by atoms with Crippen LogP contribution in [0.25, 0.3) is 16.8 Å². The first kappa shape index (κ1) is 7.99. The van der Waals surface area contributed by atoms with Crippen LogP contribution in [0.2, 0.25) is 0 Å². The molecule has 2 aromatic rings. The van der Waals surface area contributed by atoms with Gasteiger partial charge < -0.3 is 0 Å². The molecule has 0 aliphatic carbocycles. The molecule has 0 heterocycles. The van der Waals surface area contributed by atoms with Crippen LogP contribution in [-0.2, 0) is 0 Å². The molecule has 0 amide bonds. The van der Waals surface area contributed by atoms with E-state index in [2.05, 4.69) is 6.58 Å². The van der Waals surface area contributed by atoms with Crippen molar-refractivity contribution in [3.63, 3.8) is 0 Å². The van der Waals surface area contributed by atoms with Crippen molar-refractivity contribution in [3.8, 4) is 0 Å². The molecule has 0 bridgehead atoms. The number of hydrogen-bond donors (Lipinski definition) is 0. The van der Waals surface area contributed by atoms with Gasteiger partial charge in [0.25, 0.3) is 0 Å². The lowest BCUT2D eigenvalue weighted by Crippen LogP contribution is -1.82. The van der Waals surface area contributed by atoms with Crippen molar-refractivity contribution in [3.05, 3.63) is 54.4 Å². The summed E-state index contributed by atoms with van der Waals surface area (Å²) >= 11 is 0. The van der Waals surface area contributed by atoms with E-state index in [-0.39, 0.29) is 5.82 Å². The highest BCUT2D eigenvalue weighted by Gasteiger charge is 2.02. The van der Waals surface area contributed by atoms with E-state index in [4.69, 9.17) is 0 Å². The number of halogens is 1. The number of fused-ring (bicyclic) bond motifs is 1. The molecule has 2 rings (SSSR count). The molecule has 64 valence electrons. The van der Waals surface area contributed by atoms with Crippen molar-refractivity contribution >= 4 is 16.8 Å². The average molecular weight is 172 g/mol. The summed E-state index contributed by atoms with van der Waals surface area (Å²) in [6, 6.07) is 10.7. The van der Waals surface area contributed by atoms with Gasteiger partial charge in [-0.1, -0.05) is 43.0 Å². The Morgan fingerprint density at radius 1 is 1.08 bits per heavy atom. The highest BCUT2D eigenvalue weighted by atomic mass is 19.1. The highest BCUT2D eigenvalue weighted by Crippen LogP contribution is 2.22. The SMILES string of the molecule is C=Cc1cccc2cccc(F)c12. The Morgan fingerprint density at radius 3 is 2.46 bits per heavy atom. The minimum atomic E-state index is -0.187. The van der Waals surface area contributed by atoms with E-state index >= 15 is 0 Å². The van der Waals surface area contributed by atoms with Crippen molar-refractivity contribution in [2.45, 2.75) is 0 Å². The molecule has 0 saturated heterocycles.